The lowest BCUT2D eigenvalue weighted by Crippen LogP contribution is -2.18. The number of aromatic nitrogens is 3. The van der Waals surface area contributed by atoms with Gasteiger partial charge in [-0.05, 0) is 37.5 Å². The summed E-state index contributed by atoms with van der Waals surface area (Å²) in [6.45, 7) is 8.79. The number of hydrogen-bond acceptors (Lipinski definition) is 5. The molecule has 0 unspecified atom stereocenters. The molecule has 1 amide bonds. The molecule has 0 saturated heterocycles. The van der Waals surface area contributed by atoms with Gasteiger partial charge in [0.15, 0.2) is 0 Å². The Kier molecular flexibility index (Phi) is 6.34. The number of carbonyl (C=O) groups is 1. The molecule has 3 aromatic rings. The Balaban J connectivity index is 1.75. The van der Waals surface area contributed by atoms with E-state index in [4.69, 9.17) is 0 Å². The van der Waals surface area contributed by atoms with Gasteiger partial charge in [0.2, 0.25) is 0 Å². The number of para-hydroxylation sites is 1. The predicted molar refractivity (Wildman–Crippen MR) is 118 cm³/mol. The number of nitrogens with one attached hydrogen (secondary N) is 2. The van der Waals surface area contributed by atoms with Crippen molar-refractivity contribution in [3.8, 4) is 0 Å². The summed E-state index contributed by atoms with van der Waals surface area (Å²) < 4.78 is 0. The molecule has 0 spiro atoms. The van der Waals surface area contributed by atoms with Gasteiger partial charge in [0.25, 0.3) is 5.91 Å². The van der Waals surface area contributed by atoms with E-state index in [0.717, 1.165) is 40.0 Å². The van der Waals surface area contributed by atoms with Crippen molar-refractivity contribution < 1.29 is 4.79 Å². The highest BCUT2D eigenvalue weighted by molar-refractivity contribution is 6.06. The maximum absolute atomic E-state index is 12.1. The van der Waals surface area contributed by atoms with Gasteiger partial charge in [0, 0.05) is 31.2 Å². The number of hydrogen-bond donors (Lipinski definition) is 2. The maximum atomic E-state index is 12.1. The monoisotopic (exact) mass is 387 g/mol. The molecule has 148 valence electrons. The zero-order chi connectivity index (χ0) is 20.8. The number of benzene rings is 1. The number of fused-ring (bicyclic) bond motifs is 1. The number of amides is 1. The first-order chi connectivity index (χ1) is 14.0. The second-order valence-electron chi connectivity index (χ2n) is 6.96. The normalized spacial score (nSPS) is 10.4. The molecule has 2 heterocycles. The molecule has 0 aliphatic heterocycles. The number of anilines is 1. The second-order valence-corrected chi connectivity index (χ2v) is 6.96. The van der Waals surface area contributed by atoms with E-state index < -0.39 is 0 Å². The van der Waals surface area contributed by atoms with Crippen molar-refractivity contribution in [2.75, 3.05) is 18.9 Å². The quantitative estimate of drug-likeness (QED) is 0.599. The van der Waals surface area contributed by atoms with Crippen LogP contribution in [-0.4, -0.2) is 34.5 Å². The predicted octanol–water partition coefficient (Wildman–Crippen LogP) is 4.02. The highest BCUT2D eigenvalue weighted by Crippen LogP contribution is 2.21. The first-order valence-electron chi connectivity index (χ1n) is 9.48. The van der Waals surface area contributed by atoms with Gasteiger partial charge in [-0.25, -0.2) is 9.97 Å². The van der Waals surface area contributed by atoms with E-state index in [1.807, 2.05) is 44.2 Å². The Labute approximate surface area is 170 Å². The smallest absolute Gasteiger partial charge is 0.251 e. The van der Waals surface area contributed by atoms with E-state index in [2.05, 4.69) is 32.2 Å². The molecule has 6 nitrogen and oxygen atoms in total. The Hall–Kier alpha value is -3.54. The van der Waals surface area contributed by atoms with Crippen LogP contribution in [0.1, 0.15) is 35.5 Å². The first-order valence-corrected chi connectivity index (χ1v) is 9.48. The van der Waals surface area contributed by atoms with Gasteiger partial charge in [-0.1, -0.05) is 36.4 Å². The molecule has 0 fully saturated rings. The van der Waals surface area contributed by atoms with Crippen LogP contribution in [0.3, 0.4) is 0 Å². The van der Waals surface area contributed by atoms with Crippen LogP contribution < -0.4 is 10.6 Å². The summed E-state index contributed by atoms with van der Waals surface area (Å²) in [6.07, 6.45) is 5.96. The third-order valence-electron chi connectivity index (χ3n) is 4.49. The SMILES string of the molecule is C=C(C=C(C)C)c1cc(NCCc2cccc3c(C(=O)NC)ccnc23)ncn1. The summed E-state index contributed by atoms with van der Waals surface area (Å²) >= 11 is 0. The number of nitrogens with zero attached hydrogens (tertiary/aromatic N) is 3. The van der Waals surface area contributed by atoms with Crippen LogP contribution in [0.4, 0.5) is 5.82 Å². The summed E-state index contributed by atoms with van der Waals surface area (Å²) in [5.41, 5.74) is 5.37. The van der Waals surface area contributed by atoms with E-state index >= 15 is 0 Å². The number of allylic oxidation sites excluding steroid dienone is 3. The van der Waals surface area contributed by atoms with Crippen LogP contribution in [0.25, 0.3) is 16.5 Å². The number of rotatable bonds is 7. The van der Waals surface area contributed by atoms with Crippen molar-refractivity contribution in [2.45, 2.75) is 20.3 Å². The number of carbonyl (C=O) groups excluding carboxylic acids is 1. The molecule has 2 aromatic heterocycles. The third-order valence-corrected chi connectivity index (χ3v) is 4.49. The summed E-state index contributed by atoms with van der Waals surface area (Å²) in [5, 5.41) is 6.87. The fraction of sp³-hybridized carbons (Fsp3) is 0.217. The van der Waals surface area contributed by atoms with Crippen molar-refractivity contribution in [3.05, 3.63) is 77.9 Å². The molecule has 0 atom stereocenters. The van der Waals surface area contributed by atoms with Gasteiger partial charge in [0.05, 0.1) is 16.8 Å². The average molecular weight is 387 g/mol. The van der Waals surface area contributed by atoms with E-state index in [-0.39, 0.29) is 5.91 Å². The van der Waals surface area contributed by atoms with Crippen LogP contribution in [0.15, 0.2) is 61.1 Å². The molecule has 0 bridgehead atoms. The molecule has 29 heavy (non-hydrogen) atoms. The Morgan fingerprint density at radius 3 is 2.76 bits per heavy atom. The van der Waals surface area contributed by atoms with Crippen molar-refractivity contribution in [3.63, 3.8) is 0 Å². The van der Waals surface area contributed by atoms with Gasteiger partial charge < -0.3 is 10.6 Å². The zero-order valence-corrected chi connectivity index (χ0v) is 17.0. The number of pyridine rings is 1. The van der Waals surface area contributed by atoms with E-state index in [0.29, 0.717) is 12.1 Å². The van der Waals surface area contributed by atoms with Crippen LogP contribution >= 0.6 is 0 Å². The molecule has 0 aliphatic carbocycles. The lowest BCUT2D eigenvalue weighted by Gasteiger charge is -2.10. The molecule has 2 N–H and O–H groups in total. The summed E-state index contributed by atoms with van der Waals surface area (Å²) in [5.74, 6) is 0.635. The van der Waals surface area contributed by atoms with Crippen molar-refractivity contribution in [2.24, 2.45) is 0 Å². The van der Waals surface area contributed by atoms with E-state index in [1.54, 1.807) is 19.3 Å². The Morgan fingerprint density at radius 1 is 1.17 bits per heavy atom. The lowest BCUT2D eigenvalue weighted by molar-refractivity contribution is 0.0964. The Morgan fingerprint density at radius 2 is 2.00 bits per heavy atom. The minimum Gasteiger partial charge on any atom is -0.370 e. The summed E-state index contributed by atoms with van der Waals surface area (Å²) in [7, 11) is 1.63. The fourth-order valence-corrected chi connectivity index (χ4v) is 3.15. The highest BCUT2D eigenvalue weighted by Gasteiger charge is 2.11. The van der Waals surface area contributed by atoms with Gasteiger partial charge in [-0.3, -0.25) is 9.78 Å². The lowest BCUT2D eigenvalue weighted by atomic mass is 10.0. The largest absolute Gasteiger partial charge is 0.370 e. The van der Waals surface area contributed by atoms with Gasteiger partial charge in [-0.15, -0.1) is 0 Å². The van der Waals surface area contributed by atoms with E-state index in [1.165, 1.54) is 11.9 Å². The molecular formula is C23H25N5O. The van der Waals surface area contributed by atoms with Gasteiger partial charge in [0.1, 0.15) is 12.1 Å². The van der Waals surface area contributed by atoms with Crippen molar-refractivity contribution in [1.82, 2.24) is 20.3 Å². The highest BCUT2D eigenvalue weighted by atomic mass is 16.1. The Bertz CT molecular complexity index is 1080. The summed E-state index contributed by atoms with van der Waals surface area (Å²) in [4.78, 5) is 25.2. The molecule has 3 rings (SSSR count). The van der Waals surface area contributed by atoms with Crippen LogP contribution in [0.5, 0.6) is 0 Å². The van der Waals surface area contributed by atoms with Crippen LogP contribution in [0, 0.1) is 0 Å². The standard InChI is InChI=1S/C23H25N5O/c1-15(2)12-16(3)20-13-21(28-14-27-20)25-10-8-17-6-5-7-18-19(23(29)24-4)9-11-26-22(17)18/h5-7,9,11-14H,3,8,10H2,1-2,4H3,(H,24,29)(H,25,27,28). The molecule has 1 aromatic carbocycles. The molecule has 6 heteroatoms. The average Bonchev–Trinajstić information content (AvgIpc) is 2.72. The fourth-order valence-electron chi connectivity index (χ4n) is 3.15. The van der Waals surface area contributed by atoms with Gasteiger partial charge >= 0.3 is 0 Å². The molecule has 0 saturated carbocycles. The van der Waals surface area contributed by atoms with Crippen molar-refractivity contribution >= 4 is 28.2 Å². The van der Waals surface area contributed by atoms with Crippen LogP contribution in [0.2, 0.25) is 0 Å². The van der Waals surface area contributed by atoms with E-state index in [9.17, 15) is 4.79 Å². The topological polar surface area (TPSA) is 79.8 Å². The second kappa shape index (κ2) is 9.10. The minimum absolute atomic E-state index is 0.113. The maximum Gasteiger partial charge on any atom is 0.251 e. The molecule has 0 radical (unpaired) electrons. The third kappa shape index (κ3) is 4.85. The first kappa shape index (κ1) is 20.2. The molecule has 0 aliphatic rings. The molecular weight excluding hydrogens is 362 g/mol. The van der Waals surface area contributed by atoms with Gasteiger partial charge in [-0.2, -0.15) is 0 Å². The minimum atomic E-state index is -0.113. The van der Waals surface area contributed by atoms with Crippen molar-refractivity contribution in [1.29, 1.82) is 0 Å². The van der Waals surface area contributed by atoms with Crippen LogP contribution in [-0.2, 0) is 6.42 Å². The summed E-state index contributed by atoms with van der Waals surface area (Å²) in [6, 6.07) is 9.55. The zero-order valence-electron chi connectivity index (χ0n) is 17.0.